The molecule has 0 radical (unpaired) electrons. The summed E-state index contributed by atoms with van der Waals surface area (Å²) in [6.07, 6.45) is -0.254. The fourth-order valence-corrected chi connectivity index (χ4v) is 3.00. The molecule has 8 heteroatoms. The van der Waals surface area contributed by atoms with Crippen LogP contribution in [0.15, 0.2) is 30.3 Å². The summed E-state index contributed by atoms with van der Waals surface area (Å²) in [4.78, 5) is 37.2. The van der Waals surface area contributed by atoms with E-state index >= 15 is 0 Å². The highest BCUT2D eigenvalue weighted by Crippen LogP contribution is 2.43. The third-order valence-corrected chi connectivity index (χ3v) is 4.53. The molecule has 1 aliphatic rings. The quantitative estimate of drug-likeness (QED) is 0.600. The standard InChI is InChI=1S/C20H28N2O6/c1-19(2,3)28-18(26)22-20(11-14(20)12-23)17(25)21-15(16(24)27-4)10-13-8-6-5-7-9-13/h5-9,14-15,23H,10-12H2,1-4H3,(H,21,25)(H,22,26)/t14-,15-,20-/m0/s1. The van der Waals surface area contributed by atoms with Gasteiger partial charge in [0.1, 0.15) is 17.2 Å². The number of hydrogen-bond donors (Lipinski definition) is 3. The Balaban J connectivity index is 2.12. The number of hydrogen-bond acceptors (Lipinski definition) is 6. The molecule has 28 heavy (non-hydrogen) atoms. The first-order valence-corrected chi connectivity index (χ1v) is 9.16. The van der Waals surface area contributed by atoms with E-state index in [2.05, 4.69) is 10.6 Å². The number of amides is 2. The molecule has 1 aliphatic carbocycles. The summed E-state index contributed by atoms with van der Waals surface area (Å²) in [5, 5.41) is 14.7. The Morgan fingerprint density at radius 2 is 1.89 bits per heavy atom. The molecule has 154 valence electrons. The van der Waals surface area contributed by atoms with Crippen molar-refractivity contribution in [3.63, 3.8) is 0 Å². The summed E-state index contributed by atoms with van der Waals surface area (Å²) in [6.45, 7) is 4.86. The first-order chi connectivity index (χ1) is 13.1. The molecule has 0 aliphatic heterocycles. The van der Waals surface area contributed by atoms with Crippen LogP contribution in [-0.2, 0) is 25.5 Å². The van der Waals surface area contributed by atoms with Crippen LogP contribution in [0.5, 0.6) is 0 Å². The van der Waals surface area contributed by atoms with Crippen LogP contribution in [-0.4, -0.2) is 54.0 Å². The second kappa shape index (κ2) is 8.60. The van der Waals surface area contributed by atoms with Crippen LogP contribution in [0.25, 0.3) is 0 Å². The smallest absolute Gasteiger partial charge is 0.408 e. The van der Waals surface area contributed by atoms with Gasteiger partial charge in [-0.3, -0.25) is 4.79 Å². The second-order valence-corrected chi connectivity index (χ2v) is 7.92. The lowest BCUT2D eigenvalue weighted by Crippen LogP contribution is -2.56. The van der Waals surface area contributed by atoms with Gasteiger partial charge >= 0.3 is 12.1 Å². The summed E-state index contributed by atoms with van der Waals surface area (Å²) in [6, 6.07) is 8.27. The third-order valence-electron chi connectivity index (χ3n) is 4.53. The van der Waals surface area contributed by atoms with Gasteiger partial charge in [-0.05, 0) is 32.8 Å². The minimum Gasteiger partial charge on any atom is -0.467 e. The Morgan fingerprint density at radius 1 is 1.25 bits per heavy atom. The highest BCUT2D eigenvalue weighted by atomic mass is 16.6. The maximum absolute atomic E-state index is 12.9. The highest BCUT2D eigenvalue weighted by Gasteiger charge is 2.61. The van der Waals surface area contributed by atoms with Crippen molar-refractivity contribution in [3.05, 3.63) is 35.9 Å². The Morgan fingerprint density at radius 3 is 2.39 bits per heavy atom. The van der Waals surface area contributed by atoms with E-state index in [1.165, 1.54) is 7.11 Å². The van der Waals surface area contributed by atoms with Gasteiger partial charge in [-0.1, -0.05) is 30.3 Å². The minimum absolute atomic E-state index is 0.242. The van der Waals surface area contributed by atoms with Gasteiger partial charge in [0.25, 0.3) is 0 Å². The van der Waals surface area contributed by atoms with Crippen molar-refractivity contribution in [2.24, 2.45) is 5.92 Å². The lowest BCUT2D eigenvalue weighted by atomic mass is 10.0. The zero-order valence-electron chi connectivity index (χ0n) is 16.7. The number of carbonyl (C=O) groups excluding carboxylic acids is 3. The normalized spacial score (nSPS) is 22.0. The highest BCUT2D eigenvalue weighted by molar-refractivity contribution is 5.96. The summed E-state index contributed by atoms with van der Waals surface area (Å²) in [7, 11) is 1.24. The van der Waals surface area contributed by atoms with Crippen LogP contribution in [0.4, 0.5) is 4.79 Å². The fourth-order valence-electron chi connectivity index (χ4n) is 3.00. The van der Waals surface area contributed by atoms with E-state index in [4.69, 9.17) is 9.47 Å². The molecule has 1 fully saturated rings. The molecule has 0 heterocycles. The molecule has 0 bridgehead atoms. The number of rotatable bonds is 7. The fraction of sp³-hybridized carbons (Fsp3) is 0.550. The van der Waals surface area contributed by atoms with E-state index in [0.717, 1.165) is 5.56 Å². The van der Waals surface area contributed by atoms with Gasteiger partial charge in [-0.2, -0.15) is 0 Å². The summed E-state index contributed by atoms with van der Waals surface area (Å²) >= 11 is 0. The predicted molar refractivity (Wildman–Crippen MR) is 101 cm³/mol. The maximum Gasteiger partial charge on any atom is 0.408 e. The van der Waals surface area contributed by atoms with Crippen molar-refractivity contribution in [2.75, 3.05) is 13.7 Å². The largest absolute Gasteiger partial charge is 0.467 e. The average molecular weight is 392 g/mol. The molecule has 1 aromatic rings. The Kier molecular flexibility index (Phi) is 6.66. The number of aliphatic hydroxyl groups excluding tert-OH is 1. The molecule has 0 spiro atoms. The van der Waals surface area contributed by atoms with Crippen LogP contribution < -0.4 is 10.6 Å². The molecule has 0 saturated heterocycles. The molecule has 1 aromatic carbocycles. The van der Waals surface area contributed by atoms with E-state index in [1.54, 1.807) is 20.8 Å². The zero-order chi connectivity index (χ0) is 20.9. The lowest BCUT2D eigenvalue weighted by molar-refractivity contribution is -0.145. The first-order valence-electron chi connectivity index (χ1n) is 9.16. The van der Waals surface area contributed by atoms with Crippen LogP contribution in [0, 0.1) is 5.92 Å². The zero-order valence-corrected chi connectivity index (χ0v) is 16.7. The van der Waals surface area contributed by atoms with Crippen LogP contribution in [0.1, 0.15) is 32.8 Å². The molecule has 2 amide bonds. The topological polar surface area (TPSA) is 114 Å². The van der Waals surface area contributed by atoms with Crippen LogP contribution >= 0.6 is 0 Å². The lowest BCUT2D eigenvalue weighted by Gasteiger charge is -2.25. The number of ether oxygens (including phenoxy) is 2. The maximum atomic E-state index is 12.9. The Bertz CT molecular complexity index is 715. The van der Waals surface area contributed by atoms with Crippen LogP contribution in [0.2, 0.25) is 0 Å². The van der Waals surface area contributed by atoms with E-state index in [0.29, 0.717) is 0 Å². The molecule has 1 saturated carbocycles. The van der Waals surface area contributed by atoms with Crippen LogP contribution in [0.3, 0.4) is 0 Å². The van der Waals surface area contributed by atoms with E-state index in [1.807, 2.05) is 30.3 Å². The summed E-state index contributed by atoms with van der Waals surface area (Å²) in [5.74, 6) is -1.59. The van der Waals surface area contributed by atoms with Crippen molar-refractivity contribution >= 4 is 18.0 Å². The van der Waals surface area contributed by atoms with Crippen molar-refractivity contribution in [1.82, 2.24) is 10.6 Å². The van der Waals surface area contributed by atoms with Crippen molar-refractivity contribution in [2.45, 2.75) is 50.8 Å². The number of carbonyl (C=O) groups is 3. The first kappa shape index (κ1) is 21.7. The summed E-state index contributed by atoms with van der Waals surface area (Å²) < 4.78 is 10.0. The van der Waals surface area contributed by atoms with Crippen molar-refractivity contribution in [1.29, 1.82) is 0 Å². The van der Waals surface area contributed by atoms with Gasteiger partial charge in [0.15, 0.2) is 0 Å². The number of nitrogens with one attached hydrogen (secondary N) is 2. The number of benzene rings is 1. The average Bonchev–Trinajstić information content (AvgIpc) is 3.33. The van der Waals surface area contributed by atoms with Gasteiger partial charge in [0, 0.05) is 18.9 Å². The molecular weight excluding hydrogens is 364 g/mol. The molecule has 3 atom stereocenters. The molecule has 0 unspecified atom stereocenters. The molecule has 8 nitrogen and oxygen atoms in total. The molecule has 0 aromatic heterocycles. The SMILES string of the molecule is COC(=O)[C@H](Cc1ccccc1)NC(=O)[C@]1(NC(=O)OC(C)(C)C)C[C@H]1CO. The number of esters is 1. The third kappa shape index (κ3) is 5.45. The summed E-state index contributed by atoms with van der Waals surface area (Å²) in [5.41, 5.74) is -1.19. The number of methoxy groups -OCH3 is 1. The Hall–Kier alpha value is -2.61. The van der Waals surface area contributed by atoms with Gasteiger partial charge in [-0.25, -0.2) is 9.59 Å². The number of aliphatic hydroxyl groups is 1. The van der Waals surface area contributed by atoms with Gasteiger partial charge in [0.2, 0.25) is 5.91 Å². The number of alkyl carbamates (subject to hydrolysis) is 1. The monoisotopic (exact) mass is 392 g/mol. The predicted octanol–water partition coefficient (Wildman–Crippen LogP) is 1.16. The van der Waals surface area contributed by atoms with Crippen molar-refractivity contribution in [3.8, 4) is 0 Å². The van der Waals surface area contributed by atoms with Gasteiger partial charge in [0.05, 0.1) is 7.11 Å². The molecular formula is C20H28N2O6. The second-order valence-electron chi connectivity index (χ2n) is 7.92. The molecule has 2 rings (SSSR count). The van der Waals surface area contributed by atoms with E-state index in [9.17, 15) is 19.5 Å². The van der Waals surface area contributed by atoms with E-state index < -0.39 is 41.1 Å². The minimum atomic E-state index is -1.31. The molecule has 3 N–H and O–H groups in total. The van der Waals surface area contributed by atoms with Gasteiger partial charge < -0.3 is 25.2 Å². The Labute approximate surface area is 164 Å². The van der Waals surface area contributed by atoms with Gasteiger partial charge in [-0.15, -0.1) is 0 Å². The van der Waals surface area contributed by atoms with Crippen molar-refractivity contribution < 1.29 is 29.0 Å². The van der Waals surface area contributed by atoms with E-state index in [-0.39, 0.29) is 19.4 Å².